The van der Waals surface area contributed by atoms with Gasteiger partial charge in [-0.3, -0.25) is 0 Å². The highest BCUT2D eigenvalue weighted by atomic mass is 16.7. The SMILES string of the molecule is Nc1ncnc2c1N=C(c1ccccc1)CC(c1ccc3c(c1)OCO3)N2. The van der Waals surface area contributed by atoms with Crippen LogP contribution in [0.3, 0.4) is 0 Å². The van der Waals surface area contributed by atoms with E-state index in [1.165, 1.54) is 6.33 Å². The van der Waals surface area contributed by atoms with E-state index in [0.717, 1.165) is 28.3 Å². The fourth-order valence-electron chi connectivity index (χ4n) is 3.34. The van der Waals surface area contributed by atoms with E-state index in [1.54, 1.807) is 0 Å². The maximum Gasteiger partial charge on any atom is 0.231 e. The Balaban J connectivity index is 1.61. The first-order valence-corrected chi connectivity index (χ1v) is 8.67. The molecule has 7 heteroatoms. The molecule has 0 fully saturated rings. The maximum absolute atomic E-state index is 6.07. The fraction of sp³-hybridized carbons (Fsp3) is 0.150. The highest BCUT2D eigenvalue weighted by Gasteiger charge is 2.25. The molecular formula is C20H17N5O2. The molecule has 3 heterocycles. The Bertz CT molecular complexity index is 1040. The number of aromatic nitrogens is 2. The lowest BCUT2D eigenvalue weighted by atomic mass is 9.97. The normalized spacial score (nSPS) is 17.5. The van der Waals surface area contributed by atoms with Gasteiger partial charge in [-0.15, -0.1) is 0 Å². The van der Waals surface area contributed by atoms with E-state index >= 15 is 0 Å². The number of nitrogens with one attached hydrogen (secondary N) is 1. The first-order valence-electron chi connectivity index (χ1n) is 8.67. The maximum atomic E-state index is 6.07. The molecule has 0 saturated carbocycles. The molecule has 3 N–H and O–H groups in total. The van der Waals surface area contributed by atoms with E-state index in [0.29, 0.717) is 23.7 Å². The zero-order valence-electron chi connectivity index (χ0n) is 14.4. The quantitative estimate of drug-likeness (QED) is 0.728. The van der Waals surface area contributed by atoms with Crippen molar-refractivity contribution in [3.63, 3.8) is 0 Å². The minimum absolute atomic E-state index is 0.0472. The van der Waals surface area contributed by atoms with Crippen LogP contribution in [0.5, 0.6) is 11.5 Å². The predicted molar refractivity (Wildman–Crippen MR) is 103 cm³/mol. The van der Waals surface area contributed by atoms with Gasteiger partial charge in [0.25, 0.3) is 0 Å². The summed E-state index contributed by atoms with van der Waals surface area (Å²) in [4.78, 5) is 13.2. The van der Waals surface area contributed by atoms with Crippen molar-refractivity contribution in [3.05, 3.63) is 66.0 Å². The minimum Gasteiger partial charge on any atom is -0.454 e. The van der Waals surface area contributed by atoms with Gasteiger partial charge in [-0.25, -0.2) is 15.0 Å². The number of benzene rings is 2. The van der Waals surface area contributed by atoms with Crippen molar-refractivity contribution in [2.24, 2.45) is 4.99 Å². The molecule has 0 aliphatic carbocycles. The average Bonchev–Trinajstić information content (AvgIpc) is 3.08. The first kappa shape index (κ1) is 15.6. The van der Waals surface area contributed by atoms with Crippen LogP contribution in [0.1, 0.15) is 23.6 Å². The van der Waals surface area contributed by atoms with Crippen molar-refractivity contribution >= 4 is 23.0 Å². The van der Waals surface area contributed by atoms with E-state index in [-0.39, 0.29) is 12.8 Å². The standard InChI is InChI=1S/C20H17N5O2/c21-19-18-20(23-10-22-19)25-15(9-14(24-18)12-4-2-1-3-5-12)13-6-7-16-17(8-13)27-11-26-16/h1-8,10,15H,9,11H2,(H3,21,22,23,25). The van der Waals surface area contributed by atoms with Crippen molar-refractivity contribution in [2.45, 2.75) is 12.5 Å². The van der Waals surface area contributed by atoms with Gasteiger partial charge in [-0.05, 0) is 23.3 Å². The second-order valence-corrected chi connectivity index (χ2v) is 6.39. The lowest BCUT2D eigenvalue weighted by Gasteiger charge is -2.19. The summed E-state index contributed by atoms with van der Waals surface area (Å²) in [5, 5.41) is 3.47. The van der Waals surface area contributed by atoms with Crippen molar-refractivity contribution in [2.75, 3.05) is 17.8 Å². The third-order valence-corrected chi connectivity index (χ3v) is 4.71. The zero-order chi connectivity index (χ0) is 18.2. The van der Waals surface area contributed by atoms with Crippen molar-refractivity contribution in [1.82, 2.24) is 9.97 Å². The number of nitrogen functional groups attached to an aromatic ring is 1. The third kappa shape index (κ3) is 2.83. The van der Waals surface area contributed by atoms with Crippen LogP contribution < -0.4 is 20.5 Å². The van der Waals surface area contributed by atoms with Gasteiger partial charge in [0, 0.05) is 6.42 Å². The number of nitrogens with two attached hydrogens (primary N) is 1. The highest BCUT2D eigenvalue weighted by Crippen LogP contribution is 2.39. The summed E-state index contributed by atoms with van der Waals surface area (Å²) in [5.41, 5.74) is 9.67. The van der Waals surface area contributed by atoms with Crippen LogP contribution in [0, 0.1) is 0 Å². The van der Waals surface area contributed by atoms with Crippen LogP contribution in [-0.4, -0.2) is 22.5 Å². The van der Waals surface area contributed by atoms with Gasteiger partial charge >= 0.3 is 0 Å². The van der Waals surface area contributed by atoms with Gasteiger partial charge in [-0.2, -0.15) is 0 Å². The smallest absolute Gasteiger partial charge is 0.231 e. The summed E-state index contributed by atoms with van der Waals surface area (Å²) in [6.07, 6.45) is 2.11. The van der Waals surface area contributed by atoms with Gasteiger partial charge in [0.1, 0.15) is 12.0 Å². The minimum atomic E-state index is -0.0472. The van der Waals surface area contributed by atoms with E-state index in [2.05, 4.69) is 15.3 Å². The number of hydrogen-bond acceptors (Lipinski definition) is 7. The summed E-state index contributed by atoms with van der Waals surface area (Å²) in [7, 11) is 0. The molecule has 1 atom stereocenters. The predicted octanol–water partition coefficient (Wildman–Crippen LogP) is 3.47. The first-order chi connectivity index (χ1) is 13.3. The molecule has 1 unspecified atom stereocenters. The number of rotatable bonds is 2. The monoisotopic (exact) mass is 359 g/mol. The number of ether oxygens (including phenoxy) is 2. The van der Waals surface area contributed by atoms with Gasteiger partial charge in [-0.1, -0.05) is 36.4 Å². The van der Waals surface area contributed by atoms with Crippen molar-refractivity contribution in [1.29, 1.82) is 0 Å². The van der Waals surface area contributed by atoms with E-state index in [1.807, 2.05) is 48.5 Å². The van der Waals surface area contributed by atoms with Crippen LogP contribution in [-0.2, 0) is 0 Å². The molecule has 1 aromatic heterocycles. The second kappa shape index (κ2) is 6.28. The van der Waals surface area contributed by atoms with Gasteiger partial charge < -0.3 is 20.5 Å². The zero-order valence-corrected chi connectivity index (χ0v) is 14.4. The van der Waals surface area contributed by atoms with Crippen LogP contribution in [0.15, 0.2) is 59.9 Å². The molecule has 0 bridgehead atoms. The Hall–Kier alpha value is -3.61. The molecular weight excluding hydrogens is 342 g/mol. The van der Waals surface area contributed by atoms with Crippen LogP contribution >= 0.6 is 0 Å². The molecule has 0 radical (unpaired) electrons. The van der Waals surface area contributed by atoms with E-state index < -0.39 is 0 Å². The molecule has 2 aliphatic heterocycles. The number of hydrogen-bond donors (Lipinski definition) is 2. The molecule has 0 amide bonds. The third-order valence-electron chi connectivity index (χ3n) is 4.71. The Labute approximate surface area is 155 Å². The number of anilines is 2. The summed E-state index contributed by atoms with van der Waals surface area (Å²) in [6, 6.07) is 16.0. The summed E-state index contributed by atoms with van der Waals surface area (Å²) in [6.45, 7) is 0.250. The summed E-state index contributed by atoms with van der Waals surface area (Å²) in [5.74, 6) is 2.49. The molecule has 5 rings (SSSR count). The Morgan fingerprint density at radius 2 is 1.85 bits per heavy atom. The Kier molecular flexibility index (Phi) is 3.64. The number of nitrogens with zero attached hydrogens (tertiary/aromatic N) is 3. The van der Waals surface area contributed by atoms with E-state index in [4.69, 9.17) is 20.2 Å². The fourth-order valence-corrected chi connectivity index (χ4v) is 3.34. The highest BCUT2D eigenvalue weighted by molar-refractivity contribution is 6.04. The molecule has 0 spiro atoms. The van der Waals surface area contributed by atoms with Crippen molar-refractivity contribution < 1.29 is 9.47 Å². The molecule has 0 saturated heterocycles. The van der Waals surface area contributed by atoms with Gasteiger partial charge in [0.15, 0.2) is 23.1 Å². The Morgan fingerprint density at radius 3 is 2.74 bits per heavy atom. The topological polar surface area (TPSA) is 94.7 Å². The summed E-state index contributed by atoms with van der Waals surface area (Å²) >= 11 is 0. The number of fused-ring (bicyclic) bond motifs is 2. The molecule has 3 aromatic rings. The lowest BCUT2D eigenvalue weighted by molar-refractivity contribution is 0.174. The van der Waals surface area contributed by atoms with E-state index in [9.17, 15) is 0 Å². The second-order valence-electron chi connectivity index (χ2n) is 6.39. The Morgan fingerprint density at radius 1 is 1.00 bits per heavy atom. The van der Waals surface area contributed by atoms with Crippen LogP contribution in [0.25, 0.3) is 0 Å². The molecule has 2 aromatic carbocycles. The van der Waals surface area contributed by atoms with Gasteiger partial charge in [0.2, 0.25) is 6.79 Å². The summed E-state index contributed by atoms with van der Waals surface area (Å²) < 4.78 is 11.0. The molecule has 7 nitrogen and oxygen atoms in total. The molecule has 2 aliphatic rings. The average molecular weight is 359 g/mol. The molecule has 27 heavy (non-hydrogen) atoms. The van der Waals surface area contributed by atoms with Crippen LogP contribution in [0.2, 0.25) is 0 Å². The van der Waals surface area contributed by atoms with Crippen molar-refractivity contribution in [3.8, 4) is 11.5 Å². The lowest BCUT2D eigenvalue weighted by Crippen LogP contribution is -2.15. The van der Waals surface area contributed by atoms with Gasteiger partial charge in [0.05, 0.1) is 11.8 Å². The largest absolute Gasteiger partial charge is 0.454 e. The number of aliphatic imine (C=N–C) groups is 1. The molecule has 134 valence electrons. The van der Waals surface area contributed by atoms with Crippen LogP contribution in [0.4, 0.5) is 17.3 Å².